The molecule has 0 radical (unpaired) electrons. The number of para-hydroxylation sites is 1. The molecule has 4 rings (SSSR count). The van der Waals surface area contributed by atoms with Crippen molar-refractivity contribution in [1.29, 1.82) is 0 Å². The number of carbonyl (C=O) groups excluding carboxylic acids is 2. The van der Waals surface area contributed by atoms with Crippen LogP contribution in [0.5, 0.6) is 0 Å². The van der Waals surface area contributed by atoms with Gasteiger partial charge in [0.1, 0.15) is 12.2 Å². The lowest BCUT2D eigenvalue weighted by Crippen LogP contribution is -2.61. The number of furan rings is 1. The summed E-state index contributed by atoms with van der Waals surface area (Å²) < 4.78 is 16.9. The Morgan fingerprint density at radius 2 is 1.92 bits per heavy atom. The van der Waals surface area contributed by atoms with Gasteiger partial charge in [0.25, 0.3) is 11.8 Å². The van der Waals surface area contributed by atoms with Gasteiger partial charge in [0.05, 0.1) is 32.6 Å². The van der Waals surface area contributed by atoms with Gasteiger partial charge in [-0.3, -0.25) is 9.59 Å². The molecule has 1 aromatic heterocycles. The minimum Gasteiger partial charge on any atom is -0.459 e. The second-order valence-corrected chi connectivity index (χ2v) is 6.54. The van der Waals surface area contributed by atoms with Gasteiger partial charge >= 0.3 is 0 Å². The van der Waals surface area contributed by atoms with Gasteiger partial charge in [-0.05, 0) is 24.3 Å². The van der Waals surface area contributed by atoms with E-state index in [9.17, 15) is 9.59 Å². The molecular weight excluding hydrogens is 336 g/mol. The highest BCUT2D eigenvalue weighted by Crippen LogP contribution is 2.27. The lowest BCUT2D eigenvalue weighted by Gasteiger charge is -2.42. The van der Waals surface area contributed by atoms with Crippen molar-refractivity contribution in [2.45, 2.75) is 5.60 Å². The molecule has 2 aliphatic heterocycles. The van der Waals surface area contributed by atoms with Gasteiger partial charge in [-0.2, -0.15) is 0 Å². The summed E-state index contributed by atoms with van der Waals surface area (Å²) in [5, 5.41) is 0. The molecule has 2 aliphatic rings. The van der Waals surface area contributed by atoms with Gasteiger partial charge in [0, 0.05) is 12.2 Å². The highest BCUT2D eigenvalue weighted by Gasteiger charge is 2.44. The second-order valence-electron chi connectivity index (χ2n) is 6.54. The molecule has 1 aromatic carbocycles. The predicted molar refractivity (Wildman–Crippen MR) is 92.9 cm³/mol. The first-order chi connectivity index (χ1) is 12.7. The average molecular weight is 356 g/mol. The first kappa shape index (κ1) is 16.8. The lowest BCUT2D eigenvalue weighted by molar-refractivity contribution is -0.145. The number of amides is 2. The van der Waals surface area contributed by atoms with Crippen molar-refractivity contribution in [3.63, 3.8) is 0 Å². The van der Waals surface area contributed by atoms with Gasteiger partial charge < -0.3 is 23.7 Å². The normalized spacial score (nSPS) is 23.9. The smallest absolute Gasteiger partial charge is 0.289 e. The molecule has 1 atom stereocenters. The zero-order valence-corrected chi connectivity index (χ0v) is 14.3. The van der Waals surface area contributed by atoms with Gasteiger partial charge in [-0.25, -0.2) is 0 Å². The number of carbonyl (C=O) groups is 2. The van der Waals surface area contributed by atoms with Crippen LogP contribution >= 0.6 is 0 Å². The van der Waals surface area contributed by atoms with Crippen LogP contribution < -0.4 is 4.90 Å². The number of nitrogens with zero attached hydrogens (tertiary/aromatic N) is 2. The highest BCUT2D eigenvalue weighted by molar-refractivity contribution is 5.95. The molecule has 0 unspecified atom stereocenters. The number of rotatable bonds is 2. The van der Waals surface area contributed by atoms with Crippen LogP contribution in [0.2, 0.25) is 0 Å². The maximum absolute atomic E-state index is 12.7. The number of ether oxygens (including phenoxy) is 2. The Hall–Kier alpha value is -2.64. The average Bonchev–Trinajstić information content (AvgIpc) is 3.13. The quantitative estimate of drug-likeness (QED) is 0.816. The molecule has 136 valence electrons. The summed E-state index contributed by atoms with van der Waals surface area (Å²) in [4.78, 5) is 28.4. The van der Waals surface area contributed by atoms with Crippen molar-refractivity contribution < 1.29 is 23.5 Å². The molecule has 0 bridgehead atoms. The van der Waals surface area contributed by atoms with E-state index in [4.69, 9.17) is 13.9 Å². The van der Waals surface area contributed by atoms with Gasteiger partial charge in [-0.1, -0.05) is 18.2 Å². The van der Waals surface area contributed by atoms with Crippen LogP contribution in [0.3, 0.4) is 0 Å². The van der Waals surface area contributed by atoms with Crippen molar-refractivity contribution in [1.82, 2.24) is 4.90 Å². The van der Waals surface area contributed by atoms with E-state index < -0.39 is 5.60 Å². The molecule has 7 nitrogen and oxygen atoms in total. The molecule has 2 amide bonds. The summed E-state index contributed by atoms with van der Waals surface area (Å²) >= 11 is 0. The van der Waals surface area contributed by atoms with Crippen LogP contribution in [-0.4, -0.2) is 61.8 Å². The van der Waals surface area contributed by atoms with Crippen molar-refractivity contribution in [3.05, 3.63) is 54.5 Å². The van der Waals surface area contributed by atoms with E-state index in [2.05, 4.69) is 0 Å². The third-order valence-electron chi connectivity index (χ3n) is 4.69. The SMILES string of the molecule is O=C(c1ccco1)N1CCOC[C@@]2(C1)CN(c1ccccc1)C(=O)CO2. The molecular formula is C19H20N2O5. The summed E-state index contributed by atoms with van der Waals surface area (Å²) in [5.41, 5.74) is 0.0519. The maximum Gasteiger partial charge on any atom is 0.289 e. The standard InChI is InChI=1S/C19H20N2O5/c22-17-11-26-19(13-21(17)15-5-2-1-3-6-15)12-20(8-10-24-14-19)18(23)16-7-4-9-25-16/h1-7,9H,8,10-14H2/t19-/m1/s1. The fourth-order valence-electron chi connectivity index (χ4n) is 3.38. The molecule has 3 heterocycles. The van der Waals surface area contributed by atoms with Crippen LogP contribution in [0, 0.1) is 0 Å². The number of benzene rings is 1. The Balaban J connectivity index is 1.57. The summed E-state index contributed by atoms with van der Waals surface area (Å²) in [5.74, 6) is -0.0181. The summed E-state index contributed by atoms with van der Waals surface area (Å²) in [6.45, 7) is 1.81. The topological polar surface area (TPSA) is 72.2 Å². The molecule has 0 N–H and O–H groups in total. The largest absolute Gasteiger partial charge is 0.459 e. The third-order valence-corrected chi connectivity index (χ3v) is 4.69. The van der Waals surface area contributed by atoms with E-state index in [1.165, 1.54) is 6.26 Å². The fourth-order valence-corrected chi connectivity index (χ4v) is 3.38. The van der Waals surface area contributed by atoms with Crippen molar-refractivity contribution in [2.75, 3.05) is 44.4 Å². The van der Waals surface area contributed by atoms with Crippen LogP contribution in [-0.2, 0) is 14.3 Å². The van der Waals surface area contributed by atoms with E-state index >= 15 is 0 Å². The minimum absolute atomic E-state index is 0.0406. The Kier molecular flexibility index (Phi) is 4.48. The molecule has 26 heavy (non-hydrogen) atoms. The summed E-state index contributed by atoms with van der Waals surface area (Å²) in [7, 11) is 0. The Bertz CT molecular complexity index is 776. The second kappa shape index (κ2) is 6.93. The molecule has 2 fully saturated rings. The van der Waals surface area contributed by atoms with Crippen LogP contribution in [0.25, 0.3) is 0 Å². The number of anilines is 1. The zero-order chi connectivity index (χ0) is 18.0. The van der Waals surface area contributed by atoms with Crippen LogP contribution in [0.15, 0.2) is 53.1 Å². The van der Waals surface area contributed by atoms with Crippen LogP contribution in [0.1, 0.15) is 10.6 Å². The number of hydrogen-bond donors (Lipinski definition) is 0. The van der Waals surface area contributed by atoms with E-state index in [-0.39, 0.29) is 24.2 Å². The van der Waals surface area contributed by atoms with E-state index in [0.717, 1.165) is 5.69 Å². The molecule has 2 aromatic rings. The minimum atomic E-state index is -0.761. The maximum atomic E-state index is 12.7. The first-order valence-corrected chi connectivity index (χ1v) is 8.57. The molecule has 2 saturated heterocycles. The van der Waals surface area contributed by atoms with Gasteiger partial charge in [0.15, 0.2) is 5.76 Å². The summed E-state index contributed by atoms with van der Waals surface area (Å²) in [6.07, 6.45) is 1.48. The van der Waals surface area contributed by atoms with Crippen LogP contribution in [0.4, 0.5) is 5.69 Å². The van der Waals surface area contributed by atoms with Crippen molar-refractivity contribution in [2.24, 2.45) is 0 Å². The zero-order valence-electron chi connectivity index (χ0n) is 14.3. The van der Waals surface area contributed by atoms with E-state index in [1.807, 2.05) is 30.3 Å². The highest BCUT2D eigenvalue weighted by atomic mass is 16.6. The first-order valence-electron chi connectivity index (χ1n) is 8.57. The monoisotopic (exact) mass is 356 g/mol. The van der Waals surface area contributed by atoms with Gasteiger partial charge in [0.2, 0.25) is 0 Å². The molecule has 1 spiro atoms. The van der Waals surface area contributed by atoms with Crippen molar-refractivity contribution in [3.8, 4) is 0 Å². The Labute approximate surface area is 151 Å². The Morgan fingerprint density at radius 1 is 1.08 bits per heavy atom. The van der Waals surface area contributed by atoms with E-state index in [1.54, 1.807) is 21.9 Å². The number of hydrogen-bond acceptors (Lipinski definition) is 5. The Morgan fingerprint density at radius 3 is 2.69 bits per heavy atom. The lowest BCUT2D eigenvalue weighted by atomic mass is 10.0. The van der Waals surface area contributed by atoms with Crippen molar-refractivity contribution >= 4 is 17.5 Å². The van der Waals surface area contributed by atoms with Gasteiger partial charge in [-0.15, -0.1) is 0 Å². The molecule has 0 saturated carbocycles. The number of morpholine rings is 1. The van der Waals surface area contributed by atoms with E-state index in [0.29, 0.717) is 32.8 Å². The summed E-state index contributed by atoms with van der Waals surface area (Å²) in [6, 6.07) is 12.8. The fraction of sp³-hybridized carbons (Fsp3) is 0.368. The molecule has 7 heteroatoms. The molecule has 0 aliphatic carbocycles. The third kappa shape index (κ3) is 3.23. The predicted octanol–water partition coefficient (Wildman–Crippen LogP) is 1.55.